The number of hydrogen-bond acceptors (Lipinski definition) is 1. The first-order valence-corrected chi connectivity index (χ1v) is 7.25. The number of aliphatic hydroxyl groups is 1. The highest BCUT2D eigenvalue weighted by atomic mass is 16.3. The van der Waals surface area contributed by atoms with Crippen LogP contribution < -0.4 is 0 Å². The van der Waals surface area contributed by atoms with E-state index in [1.807, 2.05) is 0 Å². The van der Waals surface area contributed by atoms with Crippen LogP contribution in [0, 0.1) is 5.41 Å². The molecular weight excluding hydrogens is 220 g/mol. The molecule has 2 aliphatic rings. The second-order valence-electron chi connectivity index (χ2n) is 5.85. The van der Waals surface area contributed by atoms with Gasteiger partial charge in [0.25, 0.3) is 0 Å². The summed E-state index contributed by atoms with van der Waals surface area (Å²) >= 11 is 0. The van der Waals surface area contributed by atoms with Crippen LogP contribution in [-0.4, -0.2) is 11.2 Å². The summed E-state index contributed by atoms with van der Waals surface area (Å²) in [5.41, 5.74) is 2.90. The molecule has 1 spiro atoms. The molecular formula is C17H22O. The molecule has 0 amide bonds. The van der Waals surface area contributed by atoms with Gasteiger partial charge in [-0.15, -0.1) is 0 Å². The molecule has 2 atom stereocenters. The average molecular weight is 242 g/mol. The summed E-state index contributed by atoms with van der Waals surface area (Å²) in [6.07, 6.45) is 10.5. The smallest absolute Gasteiger partial charge is 0.0633 e. The summed E-state index contributed by atoms with van der Waals surface area (Å²) in [5, 5.41) is 10.5. The Morgan fingerprint density at radius 1 is 1.06 bits per heavy atom. The highest BCUT2D eigenvalue weighted by Crippen LogP contribution is 2.53. The minimum Gasteiger partial charge on any atom is -0.392 e. The molecule has 1 N–H and O–H groups in total. The van der Waals surface area contributed by atoms with Crippen molar-refractivity contribution in [3.63, 3.8) is 0 Å². The van der Waals surface area contributed by atoms with Gasteiger partial charge in [-0.1, -0.05) is 54.8 Å². The summed E-state index contributed by atoms with van der Waals surface area (Å²) in [6, 6.07) is 10.6. The maximum atomic E-state index is 10.5. The van der Waals surface area contributed by atoms with Crippen molar-refractivity contribution in [3.05, 3.63) is 41.5 Å². The van der Waals surface area contributed by atoms with Crippen LogP contribution in [0.1, 0.15) is 50.5 Å². The molecule has 2 aliphatic carbocycles. The Kier molecular flexibility index (Phi) is 3.25. The molecule has 1 aromatic carbocycles. The number of rotatable bonds is 1. The zero-order valence-corrected chi connectivity index (χ0v) is 10.9. The van der Waals surface area contributed by atoms with Gasteiger partial charge < -0.3 is 5.11 Å². The second kappa shape index (κ2) is 4.89. The lowest BCUT2D eigenvalue weighted by Gasteiger charge is -2.40. The van der Waals surface area contributed by atoms with E-state index in [-0.39, 0.29) is 11.5 Å². The van der Waals surface area contributed by atoms with Crippen LogP contribution in [0.5, 0.6) is 0 Å². The van der Waals surface area contributed by atoms with E-state index in [9.17, 15) is 5.11 Å². The van der Waals surface area contributed by atoms with Crippen LogP contribution >= 0.6 is 0 Å². The molecule has 2 saturated carbocycles. The molecule has 96 valence electrons. The minimum absolute atomic E-state index is 0.108. The van der Waals surface area contributed by atoms with Crippen LogP contribution in [0.3, 0.4) is 0 Å². The van der Waals surface area contributed by atoms with Gasteiger partial charge in [0.1, 0.15) is 0 Å². The highest BCUT2D eigenvalue weighted by molar-refractivity contribution is 5.55. The molecule has 0 heterocycles. The Morgan fingerprint density at radius 3 is 2.61 bits per heavy atom. The van der Waals surface area contributed by atoms with Crippen LogP contribution in [0.25, 0.3) is 6.08 Å². The number of benzene rings is 1. The maximum Gasteiger partial charge on any atom is 0.0633 e. The van der Waals surface area contributed by atoms with Crippen molar-refractivity contribution in [1.29, 1.82) is 0 Å². The van der Waals surface area contributed by atoms with Gasteiger partial charge in [-0.2, -0.15) is 0 Å². The predicted octanol–water partition coefficient (Wildman–Crippen LogP) is 4.18. The summed E-state index contributed by atoms with van der Waals surface area (Å²) in [6.45, 7) is 0. The van der Waals surface area contributed by atoms with Gasteiger partial charge in [0.2, 0.25) is 0 Å². The van der Waals surface area contributed by atoms with E-state index in [0.29, 0.717) is 0 Å². The molecule has 0 bridgehead atoms. The lowest BCUT2D eigenvalue weighted by molar-refractivity contribution is 0.0178. The van der Waals surface area contributed by atoms with E-state index in [1.165, 1.54) is 49.7 Å². The number of aliphatic hydroxyl groups excluding tert-OH is 1. The highest BCUT2D eigenvalue weighted by Gasteiger charge is 2.45. The SMILES string of the molecule is OC1CCCCC12CCCC2=Cc1ccccc1. The molecule has 18 heavy (non-hydrogen) atoms. The first-order valence-electron chi connectivity index (χ1n) is 7.25. The zero-order valence-electron chi connectivity index (χ0n) is 10.9. The molecule has 2 fully saturated rings. The first kappa shape index (κ1) is 12.0. The van der Waals surface area contributed by atoms with Crippen molar-refractivity contribution in [3.8, 4) is 0 Å². The maximum absolute atomic E-state index is 10.5. The third-order valence-corrected chi connectivity index (χ3v) is 4.84. The second-order valence-corrected chi connectivity index (χ2v) is 5.85. The van der Waals surface area contributed by atoms with Crippen molar-refractivity contribution in [2.24, 2.45) is 5.41 Å². The van der Waals surface area contributed by atoms with Crippen LogP contribution in [-0.2, 0) is 0 Å². The lowest BCUT2D eigenvalue weighted by atomic mass is 9.68. The van der Waals surface area contributed by atoms with Crippen molar-refractivity contribution in [2.45, 2.75) is 51.0 Å². The van der Waals surface area contributed by atoms with E-state index < -0.39 is 0 Å². The molecule has 0 aromatic heterocycles. The van der Waals surface area contributed by atoms with Gasteiger partial charge in [0, 0.05) is 5.41 Å². The first-order chi connectivity index (χ1) is 8.81. The van der Waals surface area contributed by atoms with Gasteiger partial charge in [0.15, 0.2) is 0 Å². The molecule has 1 aromatic rings. The molecule has 1 nitrogen and oxygen atoms in total. The fraction of sp³-hybridized carbons (Fsp3) is 0.529. The topological polar surface area (TPSA) is 20.2 Å². The quantitative estimate of drug-likeness (QED) is 0.783. The molecule has 0 saturated heterocycles. The standard InChI is InChI=1S/C17H22O/c18-16-10-4-5-11-17(16)12-6-9-15(17)13-14-7-2-1-3-8-14/h1-3,7-8,13,16,18H,4-6,9-12H2. The molecule has 2 unspecified atom stereocenters. The summed E-state index contributed by atoms with van der Waals surface area (Å²) in [7, 11) is 0. The normalized spacial score (nSPS) is 34.3. The van der Waals surface area contributed by atoms with Crippen molar-refractivity contribution < 1.29 is 5.11 Å². The predicted molar refractivity (Wildman–Crippen MR) is 75.2 cm³/mol. The van der Waals surface area contributed by atoms with Gasteiger partial charge >= 0.3 is 0 Å². The Labute approximate surface area is 110 Å². The van der Waals surface area contributed by atoms with E-state index >= 15 is 0 Å². The Bertz CT molecular complexity index is 434. The Morgan fingerprint density at radius 2 is 1.83 bits per heavy atom. The Hall–Kier alpha value is -1.08. The molecule has 0 aliphatic heterocycles. The third kappa shape index (κ3) is 2.01. The lowest BCUT2D eigenvalue weighted by Crippen LogP contribution is -2.37. The van der Waals surface area contributed by atoms with Crippen molar-refractivity contribution in [2.75, 3.05) is 0 Å². The molecule has 3 rings (SSSR count). The van der Waals surface area contributed by atoms with E-state index in [4.69, 9.17) is 0 Å². The minimum atomic E-state index is -0.108. The largest absolute Gasteiger partial charge is 0.392 e. The summed E-state index contributed by atoms with van der Waals surface area (Å²) in [4.78, 5) is 0. The van der Waals surface area contributed by atoms with Crippen molar-refractivity contribution >= 4 is 6.08 Å². The van der Waals surface area contributed by atoms with Gasteiger partial charge in [-0.3, -0.25) is 0 Å². The van der Waals surface area contributed by atoms with Gasteiger partial charge in [0.05, 0.1) is 6.10 Å². The summed E-state index contributed by atoms with van der Waals surface area (Å²) < 4.78 is 0. The van der Waals surface area contributed by atoms with E-state index in [2.05, 4.69) is 36.4 Å². The fourth-order valence-electron chi connectivity index (χ4n) is 3.86. The van der Waals surface area contributed by atoms with E-state index in [1.54, 1.807) is 0 Å². The van der Waals surface area contributed by atoms with Crippen molar-refractivity contribution in [1.82, 2.24) is 0 Å². The third-order valence-electron chi connectivity index (χ3n) is 4.84. The Balaban J connectivity index is 1.93. The van der Waals surface area contributed by atoms with Crippen LogP contribution in [0.2, 0.25) is 0 Å². The monoisotopic (exact) mass is 242 g/mol. The molecule has 0 radical (unpaired) electrons. The number of hydrogen-bond donors (Lipinski definition) is 1. The fourth-order valence-corrected chi connectivity index (χ4v) is 3.86. The summed E-state index contributed by atoms with van der Waals surface area (Å²) in [5.74, 6) is 0. The van der Waals surface area contributed by atoms with Crippen LogP contribution in [0.15, 0.2) is 35.9 Å². The average Bonchev–Trinajstić information content (AvgIpc) is 2.79. The molecule has 1 heteroatoms. The van der Waals surface area contributed by atoms with E-state index in [0.717, 1.165) is 6.42 Å². The zero-order chi connectivity index (χ0) is 12.4. The van der Waals surface area contributed by atoms with Gasteiger partial charge in [-0.25, -0.2) is 0 Å². The van der Waals surface area contributed by atoms with Crippen LogP contribution in [0.4, 0.5) is 0 Å². The van der Waals surface area contributed by atoms with Gasteiger partial charge in [-0.05, 0) is 37.7 Å².